The van der Waals surface area contributed by atoms with E-state index in [1.807, 2.05) is 29.2 Å². The molecule has 2 unspecified atom stereocenters. The molecule has 0 spiro atoms. The van der Waals surface area contributed by atoms with Crippen LogP contribution >= 0.6 is 12.4 Å². The Bertz CT molecular complexity index is 699. The van der Waals surface area contributed by atoms with Gasteiger partial charge in [0.05, 0.1) is 6.42 Å². The minimum atomic E-state index is 0. The number of carbonyl (C=O) groups excluding carboxylic acids is 1. The predicted molar refractivity (Wildman–Crippen MR) is 102 cm³/mol. The topological polar surface area (TPSA) is 46.3 Å². The summed E-state index contributed by atoms with van der Waals surface area (Å²) in [6.45, 7) is 5.12. The molecular weight excluding hydrogens is 320 g/mol. The highest BCUT2D eigenvalue weighted by Crippen LogP contribution is 2.33. The quantitative estimate of drug-likeness (QED) is 0.857. The molecule has 128 valence electrons. The first-order valence-electron chi connectivity index (χ1n) is 8.24. The summed E-state index contributed by atoms with van der Waals surface area (Å²) >= 11 is 0. The molecule has 1 saturated heterocycles. The van der Waals surface area contributed by atoms with E-state index in [2.05, 4.69) is 38.1 Å². The Labute approximate surface area is 150 Å². The lowest BCUT2D eigenvalue weighted by atomic mass is 9.93. The van der Waals surface area contributed by atoms with E-state index in [0.29, 0.717) is 18.4 Å². The lowest BCUT2D eigenvalue weighted by Crippen LogP contribution is -2.35. The van der Waals surface area contributed by atoms with Crippen molar-refractivity contribution < 1.29 is 4.79 Å². The van der Waals surface area contributed by atoms with E-state index >= 15 is 0 Å². The Morgan fingerprint density at radius 1 is 1.17 bits per heavy atom. The van der Waals surface area contributed by atoms with Crippen LogP contribution < -0.4 is 5.73 Å². The number of rotatable bonds is 3. The van der Waals surface area contributed by atoms with Crippen molar-refractivity contribution in [2.75, 3.05) is 12.3 Å². The number of likely N-dealkylation sites (tertiary alicyclic amines) is 1. The number of hydrogen-bond acceptors (Lipinski definition) is 2. The minimum Gasteiger partial charge on any atom is -0.399 e. The summed E-state index contributed by atoms with van der Waals surface area (Å²) in [6, 6.07) is 16.4. The first kappa shape index (κ1) is 18.3. The van der Waals surface area contributed by atoms with Gasteiger partial charge >= 0.3 is 0 Å². The van der Waals surface area contributed by atoms with E-state index in [1.54, 1.807) is 0 Å². The first-order chi connectivity index (χ1) is 11.0. The average molecular weight is 345 g/mol. The van der Waals surface area contributed by atoms with Gasteiger partial charge in [-0.25, -0.2) is 0 Å². The van der Waals surface area contributed by atoms with Gasteiger partial charge in [0.2, 0.25) is 5.91 Å². The molecule has 24 heavy (non-hydrogen) atoms. The minimum absolute atomic E-state index is 0. The number of aryl methyl sites for hydroxylation is 1. The zero-order chi connectivity index (χ0) is 16.4. The summed E-state index contributed by atoms with van der Waals surface area (Å²) in [4.78, 5) is 14.7. The second kappa shape index (κ2) is 7.71. The SMILES string of the molecule is Cc1ccccc1C1CC(C)N(C(=O)Cc2ccc(N)cc2)C1.Cl. The van der Waals surface area contributed by atoms with Crippen LogP contribution in [0.4, 0.5) is 5.69 Å². The summed E-state index contributed by atoms with van der Waals surface area (Å²) in [5, 5.41) is 0. The molecule has 3 nitrogen and oxygen atoms in total. The first-order valence-corrected chi connectivity index (χ1v) is 8.24. The molecule has 0 radical (unpaired) electrons. The number of benzene rings is 2. The number of nitrogen functional groups attached to an aromatic ring is 1. The predicted octanol–water partition coefficient (Wildman–Crippen LogP) is 3.95. The third-order valence-corrected chi connectivity index (χ3v) is 4.86. The summed E-state index contributed by atoms with van der Waals surface area (Å²) < 4.78 is 0. The molecule has 2 aromatic rings. The molecule has 2 aromatic carbocycles. The van der Waals surface area contributed by atoms with Gasteiger partial charge in [-0.3, -0.25) is 4.79 Å². The maximum Gasteiger partial charge on any atom is 0.227 e. The van der Waals surface area contributed by atoms with Gasteiger partial charge in [0.1, 0.15) is 0 Å². The van der Waals surface area contributed by atoms with Crippen LogP contribution in [0.25, 0.3) is 0 Å². The number of amides is 1. The maximum atomic E-state index is 12.7. The molecule has 2 N–H and O–H groups in total. The van der Waals surface area contributed by atoms with Gasteiger partial charge in [-0.2, -0.15) is 0 Å². The highest BCUT2D eigenvalue weighted by Gasteiger charge is 2.33. The Balaban J connectivity index is 0.00000208. The molecule has 1 amide bonds. The van der Waals surface area contributed by atoms with Crippen molar-refractivity contribution in [2.45, 2.75) is 38.6 Å². The molecule has 3 rings (SSSR count). The fourth-order valence-corrected chi connectivity index (χ4v) is 3.56. The third kappa shape index (κ3) is 3.90. The van der Waals surface area contributed by atoms with Crippen molar-refractivity contribution >= 4 is 24.0 Å². The molecular formula is C20H25ClN2O. The molecule has 0 aliphatic carbocycles. The van der Waals surface area contributed by atoms with Crippen molar-refractivity contribution in [3.8, 4) is 0 Å². The average Bonchev–Trinajstić information content (AvgIpc) is 2.92. The van der Waals surface area contributed by atoms with Crippen LogP contribution in [0.5, 0.6) is 0 Å². The van der Waals surface area contributed by atoms with Crippen molar-refractivity contribution in [1.82, 2.24) is 4.90 Å². The van der Waals surface area contributed by atoms with Crippen molar-refractivity contribution in [3.05, 3.63) is 65.2 Å². The lowest BCUT2D eigenvalue weighted by molar-refractivity contribution is -0.131. The highest BCUT2D eigenvalue weighted by atomic mass is 35.5. The van der Waals surface area contributed by atoms with Gasteiger partial charge in [-0.05, 0) is 49.1 Å². The standard InChI is InChI=1S/C20H24N2O.ClH/c1-14-5-3-4-6-19(14)17-11-15(2)22(13-17)20(23)12-16-7-9-18(21)10-8-16;/h3-10,15,17H,11-13,21H2,1-2H3;1H. The van der Waals surface area contributed by atoms with Crippen LogP contribution in [0.3, 0.4) is 0 Å². The van der Waals surface area contributed by atoms with Crippen LogP contribution in [-0.2, 0) is 11.2 Å². The van der Waals surface area contributed by atoms with Gasteiger partial charge in [0.25, 0.3) is 0 Å². The Hall–Kier alpha value is -2.00. The monoisotopic (exact) mass is 344 g/mol. The lowest BCUT2D eigenvalue weighted by Gasteiger charge is -2.21. The van der Waals surface area contributed by atoms with E-state index in [-0.39, 0.29) is 18.3 Å². The van der Waals surface area contributed by atoms with E-state index in [9.17, 15) is 4.79 Å². The van der Waals surface area contributed by atoms with Crippen LogP contribution in [-0.4, -0.2) is 23.4 Å². The van der Waals surface area contributed by atoms with Crippen LogP contribution in [0.15, 0.2) is 48.5 Å². The maximum absolute atomic E-state index is 12.7. The van der Waals surface area contributed by atoms with Gasteiger partial charge in [0.15, 0.2) is 0 Å². The summed E-state index contributed by atoms with van der Waals surface area (Å²) in [7, 11) is 0. The number of anilines is 1. The number of carbonyl (C=O) groups is 1. The van der Waals surface area contributed by atoms with Crippen molar-refractivity contribution in [3.63, 3.8) is 0 Å². The number of nitrogens with two attached hydrogens (primary N) is 1. The molecule has 4 heteroatoms. The largest absolute Gasteiger partial charge is 0.399 e. The third-order valence-electron chi connectivity index (χ3n) is 4.86. The molecule has 1 aliphatic rings. The van der Waals surface area contributed by atoms with Gasteiger partial charge in [-0.1, -0.05) is 36.4 Å². The van der Waals surface area contributed by atoms with Crippen LogP contribution in [0, 0.1) is 6.92 Å². The van der Waals surface area contributed by atoms with Gasteiger partial charge < -0.3 is 10.6 Å². The zero-order valence-electron chi connectivity index (χ0n) is 14.2. The Morgan fingerprint density at radius 2 is 1.83 bits per heavy atom. The van der Waals surface area contributed by atoms with E-state index < -0.39 is 0 Å². The Morgan fingerprint density at radius 3 is 2.50 bits per heavy atom. The van der Waals surface area contributed by atoms with Crippen LogP contribution in [0.2, 0.25) is 0 Å². The van der Waals surface area contributed by atoms with Crippen LogP contribution in [0.1, 0.15) is 36.0 Å². The van der Waals surface area contributed by atoms with Gasteiger partial charge in [-0.15, -0.1) is 12.4 Å². The van der Waals surface area contributed by atoms with Crippen molar-refractivity contribution in [1.29, 1.82) is 0 Å². The summed E-state index contributed by atoms with van der Waals surface area (Å²) in [6.07, 6.45) is 1.49. The number of halogens is 1. The second-order valence-corrected chi connectivity index (χ2v) is 6.60. The summed E-state index contributed by atoms with van der Waals surface area (Å²) in [5.41, 5.74) is 10.2. The molecule has 1 aliphatic heterocycles. The Kier molecular flexibility index (Phi) is 5.89. The molecule has 2 atom stereocenters. The molecule has 0 bridgehead atoms. The van der Waals surface area contributed by atoms with E-state index in [1.165, 1.54) is 11.1 Å². The van der Waals surface area contributed by atoms with E-state index in [4.69, 9.17) is 5.73 Å². The normalized spacial score (nSPS) is 19.8. The highest BCUT2D eigenvalue weighted by molar-refractivity contribution is 5.85. The molecule has 0 saturated carbocycles. The number of hydrogen-bond donors (Lipinski definition) is 1. The van der Waals surface area contributed by atoms with Gasteiger partial charge in [0, 0.05) is 24.2 Å². The zero-order valence-corrected chi connectivity index (χ0v) is 15.1. The van der Waals surface area contributed by atoms with Crippen molar-refractivity contribution in [2.24, 2.45) is 0 Å². The smallest absolute Gasteiger partial charge is 0.227 e. The second-order valence-electron chi connectivity index (χ2n) is 6.60. The number of nitrogens with zero attached hydrogens (tertiary/aromatic N) is 1. The molecule has 1 fully saturated rings. The fraction of sp³-hybridized carbons (Fsp3) is 0.350. The fourth-order valence-electron chi connectivity index (χ4n) is 3.56. The summed E-state index contributed by atoms with van der Waals surface area (Å²) in [5.74, 6) is 0.653. The van der Waals surface area contributed by atoms with E-state index in [0.717, 1.165) is 24.2 Å². The molecule has 0 aromatic heterocycles. The molecule has 1 heterocycles.